The van der Waals surface area contributed by atoms with Gasteiger partial charge in [-0.2, -0.15) is 0 Å². The van der Waals surface area contributed by atoms with Crippen molar-refractivity contribution in [2.24, 2.45) is 0 Å². The number of nitrogens with zero attached hydrogens (tertiary/aromatic N) is 2. The fourth-order valence-corrected chi connectivity index (χ4v) is 2.99. The molecule has 0 aliphatic carbocycles. The molecule has 0 fully saturated rings. The minimum absolute atomic E-state index is 0.167. The average Bonchev–Trinajstić information content (AvgIpc) is 2.55. The van der Waals surface area contributed by atoms with E-state index < -0.39 is 28.6 Å². The highest BCUT2D eigenvalue weighted by molar-refractivity contribution is 5.97. The summed E-state index contributed by atoms with van der Waals surface area (Å²) in [5.41, 5.74) is -0.756. The Kier molecular flexibility index (Phi) is 3.84. The number of carboxylic acid groups (broad SMARTS) is 1. The Morgan fingerprint density at radius 3 is 2.54 bits per heavy atom. The van der Waals surface area contributed by atoms with Crippen LogP contribution in [-0.4, -0.2) is 45.1 Å². The van der Waals surface area contributed by atoms with Gasteiger partial charge in [0, 0.05) is 19.8 Å². The van der Waals surface area contributed by atoms with E-state index in [2.05, 4.69) is 0 Å². The lowest BCUT2D eigenvalue weighted by Gasteiger charge is -2.34. The van der Waals surface area contributed by atoms with Gasteiger partial charge in [0.25, 0.3) is 5.91 Å². The Morgan fingerprint density at radius 2 is 1.92 bits per heavy atom. The molecule has 0 radical (unpaired) electrons. The van der Waals surface area contributed by atoms with Crippen LogP contribution in [0.3, 0.4) is 0 Å². The number of fused-ring (bicyclic) bond motifs is 1. The summed E-state index contributed by atoms with van der Waals surface area (Å²) >= 11 is 0. The lowest BCUT2D eigenvalue weighted by Crippen LogP contribution is -2.43. The molecule has 1 aliphatic heterocycles. The first kappa shape index (κ1) is 15.8. The molecule has 24 heavy (non-hydrogen) atoms. The molecule has 0 spiro atoms. The summed E-state index contributed by atoms with van der Waals surface area (Å²) in [6.07, 6.45) is 1.69. The maximum absolute atomic E-state index is 12.3. The molecule has 1 amide bonds. The lowest BCUT2D eigenvalue weighted by molar-refractivity contribution is 0.0673. The predicted molar refractivity (Wildman–Crippen MR) is 85.5 cm³/mol. The molecule has 0 saturated heterocycles. The molecule has 2 aromatic rings. The number of likely N-dealkylation sites (N-methyl/N-ethyl adjacent to an activating group) is 1. The maximum Gasteiger partial charge on any atom is 0.341 e. The van der Waals surface area contributed by atoms with Gasteiger partial charge in [0.15, 0.2) is 11.4 Å². The van der Waals surface area contributed by atoms with Gasteiger partial charge in [-0.25, -0.2) is 4.79 Å². The van der Waals surface area contributed by atoms with Gasteiger partial charge in [-0.15, -0.1) is 0 Å². The highest BCUT2D eigenvalue weighted by Gasteiger charge is 2.33. The number of carboxylic acids is 1. The molecular weight excluding hydrogens is 312 g/mol. The van der Waals surface area contributed by atoms with Crippen LogP contribution in [0.25, 0.3) is 0 Å². The second-order valence-corrected chi connectivity index (χ2v) is 5.81. The van der Waals surface area contributed by atoms with E-state index in [-0.39, 0.29) is 11.7 Å². The van der Waals surface area contributed by atoms with Crippen LogP contribution >= 0.6 is 0 Å². The van der Waals surface area contributed by atoms with Crippen LogP contribution in [0.1, 0.15) is 32.5 Å². The van der Waals surface area contributed by atoms with Gasteiger partial charge in [-0.1, -0.05) is 30.3 Å². The number of rotatable bonds is 3. The van der Waals surface area contributed by atoms with Gasteiger partial charge >= 0.3 is 5.97 Å². The largest absolute Gasteiger partial charge is 0.503 e. The fraction of sp³-hybridized carbons (Fsp3) is 0.235. The lowest BCUT2D eigenvalue weighted by atomic mass is 10.0. The zero-order valence-corrected chi connectivity index (χ0v) is 13.0. The molecule has 2 N–H and O–H groups in total. The summed E-state index contributed by atoms with van der Waals surface area (Å²) < 4.78 is 1.41. The van der Waals surface area contributed by atoms with Gasteiger partial charge in [0.1, 0.15) is 5.56 Å². The highest BCUT2D eigenvalue weighted by atomic mass is 16.4. The standard InChI is InChI=1S/C17H16N2O5/c1-18-8-11(7-10-5-3-2-4-6-10)19-9-12(17(23)24)14(20)15(21)13(19)16(18)22/h2-6,9,11,21H,7-8H2,1H3,(H,23,24). The second kappa shape index (κ2) is 5.84. The van der Waals surface area contributed by atoms with E-state index in [1.165, 1.54) is 9.47 Å². The van der Waals surface area contributed by atoms with E-state index in [4.69, 9.17) is 5.11 Å². The quantitative estimate of drug-likeness (QED) is 0.879. The van der Waals surface area contributed by atoms with Gasteiger partial charge < -0.3 is 19.7 Å². The number of hydrogen-bond donors (Lipinski definition) is 2. The second-order valence-electron chi connectivity index (χ2n) is 5.81. The van der Waals surface area contributed by atoms with E-state index in [0.717, 1.165) is 11.8 Å². The average molecular weight is 328 g/mol. The van der Waals surface area contributed by atoms with Crippen LogP contribution in [-0.2, 0) is 6.42 Å². The van der Waals surface area contributed by atoms with Crippen molar-refractivity contribution in [1.29, 1.82) is 0 Å². The van der Waals surface area contributed by atoms with E-state index in [1.54, 1.807) is 7.05 Å². The van der Waals surface area contributed by atoms with Crippen LogP contribution in [0.2, 0.25) is 0 Å². The van der Waals surface area contributed by atoms with E-state index in [9.17, 15) is 19.5 Å². The normalized spacial score (nSPS) is 16.8. The van der Waals surface area contributed by atoms with Crippen molar-refractivity contribution in [1.82, 2.24) is 9.47 Å². The number of aromatic hydroxyl groups is 1. The number of hydrogen-bond acceptors (Lipinski definition) is 4. The summed E-state index contributed by atoms with van der Waals surface area (Å²) in [5, 5.41) is 19.3. The van der Waals surface area contributed by atoms with Crippen LogP contribution in [0, 0.1) is 0 Å². The summed E-state index contributed by atoms with van der Waals surface area (Å²) in [6.45, 7) is 0.349. The maximum atomic E-state index is 12.3. The molecule has 3 rings (SSSR count). The third kappa shape index (κ3) is 2.54. The predicted octanol–water partition coefficient (Wildman–Crippen LogP) is 1.12. The monoisotopic (exact) mass is 328 g/mol. The Hall–Kier alpha value is -3.09. The Bertz CT molecular complexity index is 873. The van der Waals surface area contributed by atoms with Crippen molar-refractivity contribution in [3.8, 4) is 5.75 Å². The molecule has 7 nitrogen and oxygen atoms in total. The van der Waals surface area contributed by atoms with Crippen LogP contribution in [0.4, 0.5) is 0 Å². The van der Waals surface area contributed by atoms with Crippen molar-refractivity contribution in [3.05, 3.63) is 63.6 Å². The summed E-state index contributed by atoms with van der Waals surface area (Å²) in [7, 11) is 1.58. The number of pyridine rings is 1. The third-order valence-electron chi connectivity index (χ3n) is 4.18. The van der Waals surface area contributed by atoms with E-state index in [1.807, 2.05) is 30.3 Å². The Labute approximate surface area is 137 Å². The third-order valence-corrected chi connectivity index (χ3v) is 4.18. The number of benzene rings is 1. The zero-order valence-electron chi connectivity index (χ0n) is 13.0. The van der Waals surface area contributed by atoms with Crippen LogP contribution in [0.15, 0.2) is 41.3 Å². The van der Waals surface area contributed by atoms with Crippen LogP contribution in [0.5, 0.6) is 5.75 Å². The summed E-state index contributed by atoms with van der Waals surface area (Å²) in [6, 6.07) is 9.24. The molecule has 2 heterocycles. The number of carbonyl (C=O) groups is 2. The summed E-state index contributed by atoms with van der Waals surface area (Å²) in [5.74, 6) is -2.76. The fourth-order valence-electron chi connectivity index (χ4n) is 2.99. The first-order chi connectivity index (χ1) is 11.4. The molecule has 1 unspecified atom stereocenters. The highest BCUT2D eigenvalue weighted by Crippen LogP contribution is 2.27. The molecule has 1 aromatic carbocycles. The van der Waals surface area contributed by atoms with Crippen molar-refractivity contribution in [2.45, 2.75) is 12.5 Å². The zero-order chi connectivity index (χ0) is 17.4. The summed E-state index contributed by atoms with van der Waals surface area (Å²) in [4.78, 5) is 37.0. The topological polar surface area (TPSA) is 99.8 Å². The molecule has 1 aromatic heterocycles. The first-order valence-electron chi connectivity index (χ1n) is 7.41. The van der Waals surface area contributed by atoms with Crippen molar-refractivity contribution in [3.63, 3.8) is 0 Å². The Balaban J connectivity index is 2.16. The van der Waals surface area contributed by atoms with E-state index in [0.29, 0.717) is 13.0 Å². The van der Waals surface area contributed by atoms with E-state index >= 15 is 0 Å². The minimum atomic E-state index is -1.43. The molecular formula is C17H16N2O5. The molecule has 0 saturated carbocycles. The number of aromatic carboxylic acids is 1. The minimum Gasteiger partial charge on any atom is -0.503 e. The molecule has 1 atom stereocenters. The molecule has 124 valence electrons. The van der Waals surface area contributed by atoms with Gasteiger partial charge in [-0.3, -0.25) is 9.59 Å². The van der Waals surface area contributed by atoms with Crippen molar-refractivity contribution < 1.29 is 19.8 Å². The van der Waals surface area contributed by atoms with Crippen LogP contribution < -0.4 is 5.43 Å². The van der Waals surface area contributed by atoms with Gasteiger partial charge in [-0.05, 0) is 12.0 Å². The number of amides is 1. The SMILES string of the molecule is CN1CC(Cc2ccccc2)n2cc(C(=O)O)c(=O)c(O)c2C1=O. The first-order valence-corrected chi connectivity index (χ1v) is 7.41. The van der Waals surface area contributed by atoms with Crippen molar-refractivity contribution in [2.75, 3.05) is 13.6 Å². The molecule has 0 bridgehead atoms. The number of carbonyl (C=O) groups excluding carboxylic acids is 1. The van der Waals surface area contributed by atoms with Gasteiger partial charge in [0.2, 0.25) is 5.43 Å². The van der Waals surface area contributed by atoms with Gasteiger partial charge in [0.05, 0.1) is 6.04 Å². The molecule has 7 heteroatoms. The number of aromatic nitrogens is 1. The molecule has 1 aliphatic rings. The smallest absolute Gasteiger partial charge is 0.341 e. The van der Waals surface area contributed by atoms with Crippen molar-refractivity contribution >= 4 is 11.9 Å². The Morgan fingerprint density at radius 1 is 1.25 bits per heavy atom.